The van der Waals surface area contributed by atoms with E-state index < -0.39 is 52.8 Å². The van der Waals surface area contributed by atoms with Crippen molar-refractivity contribution in [3.8, 4) is 5.75 Å². The Morgan fingerprint density at radius 3 is 1.93 bits per heavy atom. The Labute approximate surface area is 250 Å². The Bertz CT molecular complexity index is 1720. The number of allylic oxidation sites excluding steroid dienone is 2. The first kappa shape index (κ1) is 27.4. The SMILES string of the molecule is O=C(CN(C(=O)c1ccc([N+](=O)[O-])cc1)N1C(=O)[C@@H]2[C@H]3C=C[C@@H]([C@@H]4C[C@H]34)[C@H]2C1=O)c1ccc(OC(=O)c2ccccc2)cc1. The number of esters is 1. The molecule has 6 atom stereocenters. The smallest absolute Gasteiger partial charge is 0.343 e. The van der Waals surface area contributed by atoms with Gasteiger partial charge in [0, 0.05) is 23.3 Å². The topological polar surface area (TPSA) is 144 Å². The van der Waals surface area contributed by atoms with Gasteiger partial charge in [-0.1, -0.05) is 30.4 Å². The van der Waals surface area contributed by atoms with Crippen molar-refractivity contribution in [2.24, 2.45) is 35.5 Å². The van der Waals surface area contributed by atoms with Gasteiger partial charge >= 0.3 is 5.97 Å². The second-order valence-electron chi connectivity index (χ2n) is 11.5. The maximum absolute atomic E-state index is 13.8. The van der Waals surface area contributed by atoms with Gasteiger partial charge in [0.05, 0.1) is 22.3 Å². The molecule has 5 aliphatic rings. The van der Waals surface area contributed by atoms with Crippen molar-refractivity contribution in [1.29, 1.82) is 0 Å². The molecule has 3 aromatic carbocycles. The number of carbonyl (C=O) groups is 5. The van der Waals surface area contributed by atoms with E-state index in [1.807, 2.05) is 12.2 Å². The second kappa shape index (κ2) is 10.4. The number of Topliss-reactive ketones (excluding diaryl/α,β-unsaturated/α-hetero) is 1. The number of non-ortho nitro benzene ring substituents is 1. The number of hydrogen-bond donors (Lipinski definition) is 0. The summed E-state index contributed by atoms with van der Waals surface area (Å²) in [5.74, 6) is -3.47. The summed E-state index contributed by atoms with van der Waals surface area (Å²) in [6.07, 6.45) is 4.99. The van der Waals surface area contributed by atoms with E-state index in [4.69, 9.17) is 4.74 Å². The molecule has 0 unspecified atom stereocenters. The fraction of sp³-hybridized carbons (Fsp3) is 0.242. The highest BCUT2D eigenvalue weighted by atomic mass is 16.6. The van der Waals surface area contributed by atoms with Crippen LogP contribution >= 0.6 is 0 Å². The van der Waals surface area contributed by atoms with Crippen LogP contribution in [0.25, 0.3) is 0 Å². The number of nitro groups is 1. The van der Waals surface area contributed by atoms with Gasteiger partial charge in [0.25, 0.3) is 23.4 Å². The molecule has 3 aromatic rings. The van der Waals surface area contributed by atoms with Gasteiger partial charge in [-0.3, -0.25) is 29.3 Å². The molecule has 0 spiro atoms. The predicted molar refractivity (Wildman–Crippen MR) is 153 cm³/mol. The molecule has 3 amide bonds. The van der Waals surface area contributed by atoms with Crippen LogP contribution in [0.2, 0.25) is 0 Å². The Kier molecular flexibility index (Phi) is 6.45. The maximum atomic E-state index is 13.8. The van der Waals surface area contributed by atoms with E-state index in [1.54, 1.807) is 30.3 Å². The Balaban J connectivity index is 1.15. The Hall–Kier alpha value is -5.45. The molecule has 0 N–H and O–H groups in total. The zero-order valence-corrected chi connectivity index (χ0v) is 23.1. The van der Waals surface area contributed by atoms with Crippen molar-refractivity contribution in [1.82, 2.24) is 10.0 Å². The molecule has 2 saturated carbocycles. The van der Waals surface area contributed by atoms with Crippen LogP contribution in [0.4, 0.5) is 5.69 Å². The molecule has 1 aliphatic heterocycles. The minimum Gasteiger partial charge on any atom is -0.423 e. The van der Waals surface area contributed by atoms with Crippen molar-refractivity contribution in [3.05, 3.63) is 118 Å². The van der Waals surface area contributed by atoms with Gasteiger partial charge in [-0.25, -0.2) is 9.80 Å². The number of ether oxygens (including phenoxy) is 1. The van der Waals surface area contributed by atoms with Crippen LogP contribution in [0.5, 0.6) is 5.75 Å². The summed E-state index contributed by atoms with van der Waals surface area (Å²) in [5, 5.41) is 12.8. The summed E-state index contributed by atoms with van der Waals surface area (Å²) in [6.45, 7) is -0.633. The minimum absolute atomic E-state index is 0.0222. The van der Waals surface area contributed by atoms with E-state index in [9.17, 15) is 34.1 Å². The van der Waals surface area contributed by atoms with E-state index >= 15 is 0 Å². The molecule has 11 heteroatoms. The van der Waals surface area contributed by atoms with Crippen LogP contribution in [0.3, 0.4) is 0 Å². The van der Waals surface area contributed by atoms with Crippen molar-refractivity contribution in [2.75, 3.05) is 6.54 Å². The number of benzene rings is 3. The first-order valence-corrected chi connectivity index (χ1v) is 14.3. The number of imide groups is 1. The predicted octanol–water partition coefficient (Wildman–Crippen LogP) is 4.11. The lowest BCUT2D eigenvalue weighted by Gasteiger charge is -2.37. The number of hydrogen-bond acceptors (Lipinski definition) is 8. The molecule has 1 heterocycles. The molecule has 8 rings (SSSR count). The average Bonchev–Trinajstić information content (AvgIpc) is 3.83. The first-order chi connectivity index (χ1) is 21.2. The molecule has 11 nitrogen and oxygen atoms in total. The van der Waals surface area contributed by atoms with Crippen molar-refractivity contribution < 1.29 is 33.6 Å². The molecular formula is C33H25N3O8. The number of amides is 3. The van der Waals surface area contributed by atoms with Gasteiger partial charge in [-0.15, -0.1) is 0 Å². The fourth-order valence-corrected chi connectivity index (χ4v) is 6.96. The second-order valence-corrected chi connectivity index (χ2v) is 11.5. The molecule has 3 fully saturated rings. The van der Waals surface area contributed by atoms with Crippen LogP contribution in [-0.4, -0.2) is 51.0 Å². The molecule has 0 aromatic heterocycles. The lowest BCUT2D eigenvalue weighted by atomic mass is 9.63. The van der Waals surface area contributed by atoms with Gasteiger partial charge in [0.1, 0.15) is 12.3 Å². The van der Waals surface area contributed by atoms with Crippen LogP contribution in [0.1, 0.15) is 37.5 Å². The van der Waals surface area contributed by atoms with E-state index in [2.05, 4.69) is 0 Å². The number of hydrazine groups is 1. The van der Waals surface area contributed by atoms with E-state index in [0.717, 1.165) is 28.6 Å². The van der Waals surface area contributed by atoms with Gasteiger partial charge in [-0.2, -0.15) is 5.01 Å². The maximum Gasteiger partial charge on any atom is 0.343 e. The van der Waals surface area contributed by atoms with Gasteiger partial charge < -0.3 is 4.74 Å². The number of ketones is 1. The number of carbonyl (C=O) groups excluding carboxylic acids is 5. The zero-order chi connectivity index (χ0) is 30.7. The van der Waals surface area contributed by atoms with E-state index in [-0.39, 0.29) is 34.4 Å². The largest absolute Gasteiger partial charge is 0.423 e. The van der Waals surface area contributed by atoms with Crippen molar-refractivity contribution >= 4 is 35.2 Å². The molecule has 1 saturated heterocycles. The van der Waals surface area contributed by atoms with Crippen LogP contribution < -0.4 is 4.74 Å². The third-order valence-corrected chi connectivity index (χ3v) is 9.13. The lowest BCUT2D eigenvalue weighted by molar-refractivity contribution is -0.384. The average molecular weight is 592 g/mol. The molecular weight excluding hydrogens is 566 g/mol. The van der Waals surface area contributed by atoms with E-state index in [1.165, 1.54) is 36.4 Å². The highest BCUT2D eigenvalue weighted by Crippen LogP contribution is 2.65. The normalized spacial score (nSPS) is 25.7. The third kappa shape index (κ3) is 4.48. The van der Waals surface area contributed by atoms with Crippen molar-refractivity contribution in [2.45, 2.75) is 6.42 Å². The summed E-state index contributed by atoms with van der Waals surface area (Å²) in [6, 6.07) is 18.9. The molecule has 220 valence electrons. The lowest BCUT2D eigenvalue weighted by Crippen LogP contribution is -2.52. The van der Waals surface area contributed by atoms with Crippen molar-refractivity contribution in [3.63, 3.8) is 0 Å². The van der Waals surface area contributed by atoms with Gasteiger partial charge in [-0.05, 0) is 78.6 Å². The standard InChI is InChI=1S/C33H25N3O8/c37-27(18-8-12-22(13-9-18)44-33(41)20-4-2-1-3-5-20)17-34(30(38)19-6-10-21(11-7-19)36(42)43)35-31(39)28-23-14-15-24(26-16-25(23)26)29(28)32(35)40/h1-15,23-26,28-29H,16-17H2/t23-,24-,25-,26+,28+,29+/m0/s1. The summed E-state index contributed by atoms with van der Waals surface area (Å²) in [4.78, 5) is 77.9. The molecule has 2 bridgehead atoms. The number of rotatable bonds is 8. The third-order valence-electron chi connectivity index (χ3n) is 9.13. The quantitative estimate of drug-likeness (QED) is 0.0724. The Morgan fingerprint density at radius 1 is 0.795 bits per heavy atom. The van der Waals surface area contributed by atoms with Crippen LogP contribution in [0.15, 0.2) is 91.0 Å². The molecule has 4 aliphatic carbocycles. The molecule has 0 radical (unpaired) electrons. The highest BCUT2D eigenvalue weighted by molar-refractivity contribution is 6.10. The number of nitro benzene ring substituents is 1. The monoisotopic (exact) mass is 591 g/mol. The highest BCUT2D eigenvalue weighted by Gasteiger charge is 2.68. The summed E-state index contributed by atoms with van der Waals surface area (Å²) >= 11 is 0. The first-order valence-electron chi connectivity index (χ1n) is 14.3. The van der Waals surface area contributed by atoms with Gasteiger partial charge in [0.2, 0.25) is 0 Å². The van der Waals surface area contributed by atoms with E-state index in [0.29, 0.717) is 17.4 Å². The summed E-state index contributed by atoms with van der Waals surface area (Å²) in [5.41, 5.74) is 0.254. The van der Waals surface area contributed by atoms with Gasteiger partial charge in [0.15, 0.2) is 5.78 Å². The number of nitrogens with zero attached hydrogens (tertiary/aromatic N) is 3. The van der Waals surface area contributed by atoms with Crippen LogP contribution in [-0.2, 0) is 9.59 Å². The molecule has 44 heavy (non-hydrogen) atoms. The fourth-order valence-electron chi connectivity index (χ4n) is 6.96. The summed E-state index contributed by atoms with van der Waals surface area (Å²) < 4.78 is 5.37. The summed E-state index contributed by atoms with van der Waals surface area (Å²) in [7, 11) is 0. The Morgan fingerprint density at radius 2 is 1.36 bits per heavy atom. The zero-order valence-electron chi connectivity index (χ0n) is 23.1. The van der Waals surface area contributed by atoms with Crippen LogP contribution in [0, 0.1) is 45.6 Å². The minimum atomic E-state index is -0.813.